The van der Waals surface area contributed by atoms with Crippen molar-refractivity contribution in [2.24, 2.45) is 5.73 Å². The lowest BCUT2D eigenvalue weighted by molar-refractivity contribution is 0.965. The molecule has 19 heavy (non-hydrogen) atoms. The Kier molecular flexibility index (Phi) is 4.58. The third-order valence-electron chi connectivity index (χ3n) is 3.34. The summed E-state index contributed by atoms with van der Waals surface area (Å²) in [7, 11) is 0. The van der Waals surface area contributed by atoms with E-state index in [4.69, 9.17) is 5.73 Å². The van der Waals surface area contributed by atoms with Crippen LogP contribution < -0.4 is 11.1 Å². The van der Waals surface area contributed by atoms with E-state index in [0.29, 0.717) is 6.54 Å². The fourth-order valence-electron chi connectivity index (χ4n) is 2.36. The summed E-state index contributed by atoms with van der Waals surface area (Å²) in [6.45, 7) is 4.78. The maximum Gasteiger partial charge on any atom is 0.0412 e. The van der Waals surface area contributed by atoms with Crippen LogP contribution in [-0.2, 0) is 13.0 Å². The Hall–Kier alpha value is -1.80. The van der Waals surface area contributed by atoms with Crippen molar-refractivity contribution in [2.75, 3.05) is 5.32 Å². The van der Waals surface area contributed by atoms with Gasteiger partial charge in [-0.1, -0.05) is 35.9 Å². The van der Waals surface area contributed by atoms with Gasteiger partial charge in [-0.2, -0.15) is 0 Å². The molecule has 0 atom stereocenters. The van der Waals surface area contributed by atoms with Crippen molar-refractivity contribution in [2.45, 2.75) is 33.2 Å². The molecule has 0 radical (unpaired) electrons. The topological polar surface area (TPSA) is 38.0 Å². The van der Waals surface area contributed by atoms with Crippen LogP contribution in [0, 0.1) is 0 Å². The second-order valence-corrected chi connectivity index (χ2v) is 4.95. The van der Waals surface area contributed by atoms with Crippen molar-refractivity contribution in [1.82, 2.24) is 0 Å². The molecule has 0 fully saturated rings. The van der Waals surface area contributed by atoms with E-state index in [0.717, 1.165) is 12.8 Å². The highest BCUT2D eigenvalue weighted by molar-refractivity contribution is 5.57. The number of anilines is 1. The maximum absolute atomic E-state index is 5.70. The van der Waals surface area contributed by atoms with Gasteiger partial charge in [0.25, 0.3) is 0 Å². The average Bonchev–Trinajstić information content (AvgIpc) is 2.61. The summed E-state index contributed by atoms with van der Waals surface area (Å²) in [6.07, 6.45) is 10.7. The van der Waals surface area contributed by atoms with Gasteiger partial charge >= 0.3 is 0 Å². The first-order valence-electron chi connectivity index (χ1n) is 6.81. The summed E-state index contributed by atoms with van der Waals surface area (Å²) in [4.78, 5) is 0. The number of hydrogen-bond acceptors (Lipinski definition) is 2. The Labute approximate surface area is 115 Å². The Bertz CT molecular complexity index is 536. The number of rotatable bonds is 3. The molecule has 0 saturated heterocycles. The number of hydrogen-bond donors (Lipinski definition) is 2. The van der Waals surface area contributed by atoms with E-state index in [9.17, 15) is 0 Å². The fourth-order valence-corrected chi connectivity index (χ4v) is 2.36. The molecule has 100 valence electrons. The maximum atomic E-state index is 5.70. The van der Waals surface area contributed by atoms with Gasteiger partial charge in [0.2, 0.25) is 0 Å². The molecule has 0 unspecified atom stereocenters. The van der Waals surface area contributed by atoms with Crippen LogP contribution in [0.4, 0.5) is 5.69 Å². The smallest absolute Gasteiger partial charge is 0.0412 e. The molecule has 1 aromatic carbocycles. The molecule has 1 aliphatic heterocycles. The number of nitrogens with one attached hydrogen (secondary N) is 1. The molecule has 2 nitrogen and oxygen atoms in total. The van der Waals surface area contributed by atoms with E-state index >= 15 is 0 Å². The van der Waals surface area contributed by atoms with E-state index in [1.807, 2.05) is 6.92 Å². The van der Waals surface area contributed by atoms with Gasteiger partial charge < -0.3 is 11.1 Å². The van der Waals surface area contributed by atoms with Crippen LogP contribution in [0.3, 0.4) is 0 Å². The van der Waals surface area contributed by atoms with Gasteiger partial charge in [-0.05, 0) is 49.5 Å². The van der Waals surface area contributed by atoms with Gasteiger partial charge in [0, 0.05) is 18.4 Å². The number of allylic oxidation sites excluding steroid dienone is 5. The van der Waals surface area contributed by atoms with Crippen molar-refractivity contribution in [3.8, 4) is 0 Å². The van der Waals surface area contributed by atoms with Crippen molar-refractivity contribution in [1.29, 1.82) is 0 Å². The standard InChI is InChI=1S/C17H22N2/c1-3-4-13(2)9-15-5-7-16-10-14(11-18)6-8-17(16)19-12-15/h3-4,6,8-10,12,19H,5,7,11,18H2,1-2H3/b4-3-,13-9-. The van der Waals surface area contributed by atoms with Gasteiger partial charge in [-0.3, -0.25) is 0 Å². The molecule has 1 heterocycles. The van der Waals surface area contributed by atoms with Crippen LogP contribution in [0.5, 0.6) is 0 Å². The van der Waals surface area contributed by atoms with Crippen LogP contribution in [0.25, 0.3) is 0 Å². The molecule has 0 saturated carbocycles. The SMILES string of the molecule is C/C=C\C(C)=C/C1=CNc2ccc(CN)cc2CC1. The van der Waals surface area contributed by atoms with Crippen LogP contribution in [-0.4, -0.2) is 0 Å². The minimum atomic E-state index is 0.605. The Morgan fingerprint density at radius 2 is 2.21 bits per heavy atom. The Morgan fingerprint density at radius 3 is 2.95 bits per heavy atom. The minimum Gasteiger partial charge on any atom is -0.361 e. The second kappa shape index (κ2) is 6.39. The fraction of sp³-hybridized carbons (Fsp3) is 0.294. The third kappa shape index (κ3) is 3.58. The zero-order valence-corrected chi connectivity index (χ0v) is 11.7. The van der Waals surface area contributed by atoms with Crippen molar-refractivity contribution < 1.29 is 0 Å². The van der Waals surface area contributed by atoms with E-state index in [-0.39, 0.29) is 0 Å². The summed E-state index contributed by atoms with van der Waals surface area (Å²) < 4.78 is 0. The van der Waals surface area contributed by atoms with Gasteiger partial charge in [0.15, 0.2) is 0 Å². The first-order valence-corrected chi connectivity index (χ1v) is 6.81. The Morgan fingerprint density at radius 1 is 1.37 bits per heavy atom. The van der Waals surface area contributed by atoms with Crippen molar-refractivity contribution >= 4 is 5.69 Å². The molecule has 0 aliphatic carbocycles. The summed E-state index contributed by atoms with van der Waals surface area (Å²) in [5.74, 6) is 0. The molecule has 2 heteroatoms. The summed E-state index contributed by atoms with van der Waals surface area (Å²) in [6, 6.07) is 6.42. The lowest BCUT2D eigenvalue weighted by atomic mass is 10.0. The predicted octanol–water partition coefficient (Wildman–Crippen LogP) is 3.91. The molecular weight excluding hydrogens is 232 g/mol. The van der Waals surface area contributed by atoms with Crippen LogP contribution in [0.1, 0.15) is 31.4 Å². The van der Waals surface area contributed by atoms with Crippen molar-refractivity contribution in [3.05, 3.63) is 64.9 Å². The number of nitrogens with two attached hydrogens (primary N) is 1. The Balaban J connectivity index is 2.17. The van der Waals surface area contributed by atoms with E-state index < -0.39 is 0 Å². The highest BCUT2D eigenvalue weighted by Gasteiger charge is 2.08. The van der Waals surface area contributed by atoms with Crippen LogP contribution >= 0.6 is 0 Å². The first kappa shape index (κ1) is 13.6. The summed E-state index contributed by atoms with van der Waals surface area (Å²) in [5, 5.41) is 3.40. The molecule has 3 N–H and O–H groups in total. The first-order chi connectivity index (χ1) is 9.22. The molecule has 0 bridgehead atoms. The molecule has 0 amide bonds. The van der Waals surface area contributed by atoms with Gasteiger partial charge in [0.1, 0.15) is 0 Å². The molecule has 1 aromatic rings. The highest BCUT2D eigenvalue weighted by Crippen LogP contribution is 2.25. The molecule has 1 aliphatic rings. The molecule has 0 aromatic heterocycles. The summed E-state index contributed by atoms with van der Waals surface area (Å²) >= 11 is 0. The lowest BCUT2D eigenvalue weighted by Crippen LogP contribution is -1.99. The predicted molar refractivity (Wildman–Crippen MR) is 82.9 cm³/mol. The third-order valence-corrected chi connectivity index (χ3v) is 3.34. The number of aryl methyl sites for hydroxylation is 1. The normalized spacial score (nSPS) is 15.7. The molecular formula is C17H22N2. The lowest BCUT2D eigenvalue weighted by Gasteiger charge is -2.07. The quantitative estimate of drug-likeness (QED) is 0.803. The van der Waals surface area contributed by atoms with E-state index in [2.05, 4.69) is 54.9 Å². The second-order valence-electron chi connectivity index (χ2n) is 4.95. The number of benzene rings is 1. The van der Waals surface area contributed by atoms with Gasteiger partial charge in [0.05, 0.1) is 0 Å². The van der Waals surface area contributed by atoms with Crippen molar-refractivity contribution in [3.63, 3.8) is 0 Å². The number of fused-ring (bicyclic) bond motifs is 1. The minimum absolute atomic E-state index is 0.605. The average molecular weight is 254 g/mol. The van der Waals surface area contributed by atoms with Crippen LogP contribution in [0.15, 0.2) is 53.8 Å². The van der Waals surface area contributed by atoms with E-state index in [1.54, 1.807) is 0 Å². The van der Waals surface area contributed by atoms with Gasteiger partial charge in [-0.25, -0.2) is 0 Å². The monoisotopic (exact) mass is 254 g/mol. The summed E-state index contributed by atoms with van der Waals surface area (Å²) in [5.41, 5.74) is 12.1. The highest BCUT2D eigenvalue weighted by atomic mass is 14.8. The molecule has 0 spiro atoms. The van der Waals surface area contributed by atoms with Gasteiger partial charge in [-0.15, -0.1) is 0 Å². The zero-order valence-electron chi connectivity index (χ0n) is 11.7. The largest absolute Gasteiger partial charge is 0.361 e. The van der Waals surface area contributed by atoms with Crippen LogP contribution in [0.2, 0.25) is 0 Å². The molecule has 2 rings (SSSR count). The zero-order chi connectivity index (χ0) is 13.7. The van der Waals surface area contributed by atoms with E-state index in [1.165, 1.54) is 28.0 Å².